The third-order valence-electron chi connectivity index (χ3n) is 5.69. The molecule has 0 aliphatic carbocycles. The number of nitrogens with one attached hydrogen (secondary N) is 1. The number of sulfonamides is 1. The number of pyridine rings is 1. The zero-order chi connectivity index (χ0) is 22.6. The molecular formula is C24H27N3O4S. The highest BCUT2D eigenvalue weighted by atomic mass is 32.2. The lowest BCUT2D eigenvalue weighted by Crippen LogP contribution is -2.41. The summed E-state index contributed by atoms with van der Waals surface area (Å²) in [7, 11) is -3.68. The summed E-state index contributed by atoms with van der Waals surface area (Å²) in [6.07, 6.45) is 2.96. The van der Waals surface area contributed by atoms with Gasteiger partial charge < -0.3 is 10.1 Å². The minimum absolute atomic E-state index is 0.202. The van der Waals surface area contributed by atoms with Gasteiger partial charge in [0.15, 0.2) is 0 Å². The highest BCUT2D eigenvalue weighted by molar-refractivity contribution is 7.89. The number of nitrogens with zero attached hydrogens (tertiary/aromatic N) is 2. The van der Waals surface area contributed by atoms with Gasteiger partial charge >= 0.3 is 0 Å². The largest absolute Gasteiger partial charge is 0.379 e. The third-order valence-corrected chi connectivity index (χ3v) is 7.68. The number of amides is 1. The Balaban J connectivity index is 1.49. The van der Waals surface area contributed by atoms with Crippen LogP contribution in [0.15, 0.2) is 59.6 Å². The summed E-state index contributed by atoms with van der Waals surface area (Å²) in [5, 5.41) is 3.97. The topological polar surface area (TPSA) is 88.6 Å². The van der Waals surface area contributed by atoms with Crippen molar-refractivity contribution in [2.75, 3.05) is 32.8 Å². The summed E-state index contributed by atoms with van der Waals surface area (Å²) in [6.45, 7) is 3.73. The van der Waals surface area contributed by atoms with Crippen molar-refractivity contribution >= 4 is 26.8 Å². The number of carbonyl (C=O) groups is 1. The maximum atomic E-state index is 13.2. The zero-order valence-corrected chi connectivity index (χ0v) is 18.9. The molecule has 1 aromatic heterocycles. The van der Waals surface area contributed by atoms with E-state index in [0.29, 0.717) is 56.8 Å². The average Bonchev–Trinajstić information content (AvgIpc) is 2.84. The number of carbonyl (C=O) groups excluding carboxylic acids is 1. The van der Waals surface area contributed by atoms with Crippen LogP contribution >= 0.6 is 0 Å². The molecule has 4 rings (SSSR count). The monoisotopic (exact) mass is 453 g/mol. The van der Waals surface area contributed by atoms with Gasteiger partial charge in [-0.05, 0) is 42.2 Å². The molecule has 168 valence electrons. The summed E-state index contributed by atoms with van der Waals surface area (Å²) < 4.78 is 33.1. The number of hydrogen-bond donors (Lipinski definition) is 1. The number of para-hydroxylation sites is 1. The standard InChI is InChI=1S/C24H27N3O4S/c1-2-18-8-9-21(17-22(18)32(29,30)27-13-15-31-16-14-27)24(28)26-12-10-20-6-3-5-19-7-4-11-25-23(19)20/h3-9,11,17H,2,10,12-16H2,1H3,(H,26,28). The van der Waals surface area contributed by atoms with Crippen molar-refractivity contribution in [1.29, 1.82) is 0 Å². The summed E-state index contributed by atoms with van der Waals surface area (Å²) in [6, 6.07) is 14.8. The number of hydrogen-bond acceptors (Lipinski definition) is 5. The van der Waals surface area contributed by atoms with Gasteiger partial charge in [-0.15, -0.1) is 0 Å². The smallest absolute Gasteiger partial charge is 0.251 e. The molecule has 1 fully saturated rings. The summed E-state index contributed by atoms with van der Waals surface area (Å²) in [5.41, 5.74) is 3.02. The molecule has 0 atom stereocenters. The van der Waals surface area contributed by atoms with Gasteiger partial charge in [0.2, 0.25) is 10.0 Å². The molecule has 0 spiro atoms. The van der Waals surface area contributed by atoms with Crippen LogP contribution in [0.3, 0.4) is 0 Å². The average molecular weight is 454 g/mol. The van der Waals surface area contributed by atoms with Crippen LogP contribution in [0.2, 0.25) is 0 Å². The molecule has 2 heterocycles. The van der Waals surface area contributed by atoms with E-state index in [1.54, 1.807) is 18.3 Å². The Morgan fingerprint density at radius 1 is 1.09 bits per heavy atom. The van der Waals surface area contributed by atoms with Gasteiger partial charge in [0, 0.05) is 36.8 Å². The van der Waals surface area contributed by atoms with Crippen molar-refractivity contribution in [2.45, 2.75) is 24.7 Å². The molecule has 0 radical (unpaired) electrons. The first kappa shape index (κ1) is 22.4. The third kappa shape index (κ3) is 4.67. The molecule has 0 bridgehead atoms. The molecular weight excluding hydrogens is 426 g/mol. The van der Waals surface area contributed by atoms with Gasteiger partial charge in [-0.1, -0.05) is 37.3 Å². The summed E-state index contributed by atoms with van der Waals surface area (Å²) in [5.74, 6) is -0.292. The second-order valence-corrected chi connectivity index (χ2v) is 9.60. The maximum absolute atomic E-state index is 13.2. The number of rotatable bonds is 7. The first-order chi connectivity index (χ1) is 15.5. The minimum atomic E-state index is -3.68. The fraction of sp³-hybridized carbons (Fsp3) is 0.333. The van der Waals surface area contributed by atoms with E-state index >= 15 is 0 Å². The Hall–Kier alpha value is -2.81. The van der Waals surface area contributed by atoms with Crippen molar-refractivity contribution in [3.05, 3.63) is 71.4 Å². The number of aryl methyl sites for hydroxylation is 1. The fourth-order valence-electron chi connectivity index (χ4n) is 3.94. The lowest BCUT2D eigenvalue weighted by Gasteiger charge is -2.27. The van der Waals surface area contributed by atoms with Crippen molar-refractivity contribution in [3.63, 3.8) is 0 Å². The van der Waals surface area contributed by atoms with E-state index in [0.717, 1.165) is 16.5 Å². The Morgan fingerprint density at radius 3 is 2.66 bits per heavy atom. The number of aromatic nitrogens is 1. The summed E-state index contributed by atoms with van der Waals surface area (Å²) in [4.78, 5) is 17.4. The molecule has 7 nitrogen and oxygen atoms in total. The molecule has 1 aliphatic heterocycles. The second-order valence-electron chi connectivity index (χ2n) is 7.69. The van der Waals surface area contributed by atoms with Crippen LogP contribution in [0.4, 0.5) is 0 Å². The van der Waals surface area contributed by atoms with Gasteiger partial charge in [0.1, 0.15) is 0 Å². The molecule has 0 unspecified atom stereocenters. The van der Waals surface area contributed by atoms with E-state index in [1.807, 2.05) is 37.3 Å². The molecule has 1 aliphatic rings. The van der Waals surface area contributed by atoms with Crippen molar-refractivity contribution in [2.24, 2.45) is 0 Å². The number of morpholine rings is 1. The number of benzene rings is 2. The molecule has 8 heteroatoms. The van der Waals surface area contributed by atoms with Crippen molar-refractivity contribution < 1.29 is 17.9 Å². The SMILES string of the molecule is CCc1ccc(C(=O)NCCc2cccc3cccnc23)cc1S(=O)(=O)N1CCOCC1. The van der Waals surface area contributed by atoms with Crippen LogP contribution in [-0.4, -0.2) is 56.5 Å². The van der Waals surface area contributed by atoms with Crippen LogP contribution in [0.25, 0.3) is 10.9 Å². The first-order valence-electron chi connectivity index (χ1n) is 10.8. The Labute approximate surface area is 188 Å². The molecule has 1 saturated heterocycles. The molecule has 1 N–H and O–H groups in total. The summed E-state index contributed by atoms with van der Waals surface area (Å²) >= 11 is 0. The minimum Gasteiger partial charge on any atom is -0.379 e. The van der Waals surface area contributed by atoms with Gasteiger partial charge in [-0.3, -0.25) is 9.78 Å². The van der Waals surface area contributed by atoms with Gasteiger partial charge in [-0.2, -0.15) is 4.31 Å². The van der Waals surface area contributed by atoms with E-state index in [-0.39, 0.29) is 10.8 Å². The van der Waals surface area contributed by atoms with E-state index in [1.165, 1.54) is 10.4 Å². The van der Waals surface area contributed by atoms with Crippen LogP contribution < -0.4 is 5.32 Å². The lowest BCUT2D eigenvalue weighted by atomic mass is 10.1. The van der Waals surface area contributed by atoms with Crippen molar-refractivity contribution in [3.8, 4) is 0 Å². The Morgan fingerprint density at radius 2 is 1.88 bits per heavy atom. The highest BCUT2D eigenvalue weighted by Gasteiger charge is 2.29. The van der Waals surface area contributed by atoms with Crippen LogP contribution in [0.1, 0.15) is 28.4 Å². The van der Waals surface area contributed by atoms with Gasteiger partial charge in [0.25, 0.3) is 5.91 Å². The zero-order valence-electron chi connectivity index (χ0n) is 18.1. The number of ether oxygens (including phenoxy) is 1. The quantitative estimate of drug-likeness (QED) is 0.594. The van der Waals surface area contributed by atoms with Crippen LogP contribution in [0.5, 0.6) is 0 Å². The maximum Gasteiger partial charge on any atom is 0.251 e. The molecule has 1 amide bonds. The molecule has 32 heavy (non-hydrogen) atoms. The van der Waals surface area contributed by atoms with Gasteiger partial charge in [-0.25, -0.2) is 8.42 Å². The molecule has 2 aromatic carbocycles. The van der Waals surface area contributed by atoms with E-state index in [2.05, 4.69) is 10.3 Å². The van der Waals surface area contributed by atoms with Crippen LogP contribution in [-0.2, 0) is 27.6 Å². The predicted octanol–water partition coefficient (Wildman–Crippen LogP) is 2.79. The lowest BCUT2D eigenvalue weighted by molar-refractivity contribution is 0.0730. The second kappa shape index (κ2) is 9.77. The molecule has 0 saturated carbocycles. The van der Waals surface area contributed by atoms with Crippen LogP contribution in [0, 0.1) is 0 Å². The first-order valence-corrected chi connectivity index (χ1v) is 12.3. The number of fused-ring (bicyclic) bond motifs is 1. The van der Waals surface area contributed by atoms with E-state index in [9.17, 15) is 13.2 Å². The van der Waals surface area contributed by atoms with E-state index < -0.39 is 10.0 Å². The Kier molecular flexibility index (Phi) is 6.83. The fourth-order valence-corrected chi connectivity index (χ4v) is 5.66. The van der Waals surface area contributed by atoms with Crippen molar-refractivity contribution in [1.82, 2.24) is 14.6 Å². The normalized spacial score (nSPS) is 15.0. The highest BCUT2D eigenvalue weighted by Crippen LogP contribution is 2.23. The molecule has 3 aromatic rings. The van der Waals surface area contributed by atoms with Gasteiger partial charge in [0.05, 0.1) is 23.6 Å². The Bertz CT molecular complexity index is 1220. The predicted molar refractivity (Wildman–Crippen MR) is 123 cm³/mol. The van der Waals surface area contributed by atoms with E-state index in [4.69, 9.17) is 4.74 Å².